The lowest BCUT2D eigenvalue weighted by Crippen LogP contribution is -2.37. The lowest BCUT2D eigenvalue weighted by atomic mass is 10.1. The van der Waals surface area contributed by atoms with Gasteiger partial charge in [-0.05, 0) is 0 Å². The van der Waals surface area contributed by atoms with Crippen molar-refractivity contribution in [1.29, 1.82) is 0 Å². The zero-order valence-electron chi connectivity index (χ0n) is 9.66. The zero-order valence-corrected chi connectivity index (χ0v) is 9.66. The fraction of sp³-hybridized carbons (Fsp3) is 0.364. The molecule has 0 aliphatic heterocycles. The van der Waals surface area contributed by atoms with E-state index in [1.807, 2.05) is 0 Å². The highest BCUT2D eigenvalue weighted by Gasteiger charge is 2.43. The van der Waals surface area contributed by atoms with E-state index in [0.717, 1.165) is 10.6 Å². The summed E-state index contributed by atoms with van der Waals surface area (Å²) in [5, 5.41) is 11.7. The summed E-state index contributed by atoms with van der Waals surface area (Å²) < 4.78 is 39.8. The van der Waals surface area contributed by atoms with E-state index in [-0.39, 0.29) is 6.54 Å². The van der Waals surface area contributed by atoms with Crippen molar-refractivity contribution in [1.82, 2.24) is 9.88 Å². The van der Waals surface area contributed by atoms with Crippen LogP contribution in [0.3, 0.4) is 0 Å². The van der Waals surface area contributed by atoms with E-state index in [4.69, 9.17) is 0 Å². The Labute approximate surface area is 101 Å². The lowest BCUT2D eigenvalue weighted by Gasteiger charge is -2.24. The Balaban J connectivity index is 3.33. The Morgan fingerprint density at radius 2 is 2.22 bits per heavy atom. The third kappa shape index (κ3) is 2.92. The normalized spacial score (nSPS) is 13.3. The molecule has 0 saturated heterocycles. The fourth-order valence-electron chi connectivity index (χ4n) is 1.54. The second-order valence-electron chi connectivity index (χ2n) is 3.70. The number of nitrogens with one attached hydrogen (secondary N) is 1. The topological polar surface area (TPSA) is 54.3 Å². The number of rotatable bonds is 4. The van der Waals surface area contributed by atoms with Crippen LogP contribution in [0, 0.1) is 0 Å². The first-order chi connectivity index (χ1) is 8.29. The highest BCUT2D eigenvalue weighted by atomic mass is 19.4. The predicted octanol–water partition coefficient (Wildman–Crippen LogP) is 1.47. The number of pyridine rings is 1. The van der Waals surface area contributed by atoms with Crippen molar-refractivity contribution >= 4 is 0 Å². The molecule has 0 spiro atoms. The minimum Gasteiger partial charge on any atom is -0.503 e. The fourth-order valence-corrected chi connectivity index (χ4v) is 1.54. The van der Waals surface area contributed by atoms with E-state index in [2.05, 4.69) is 11.9 Å². The van der Waals surface area contributed by atoms with Crippen molar-refractivity contribution in [2.24, 2.45) is 7.05 Å². The first-order valence-corrected chi connectivity index (χ1v) is 5.08. The van der Waals surface area contributed by atoms with Gasteiger partial charge in [-0.1, -0.05) is 6.08 Å². The second kappa shape index (κ2) is 5.26. The summed E-state index contributed by atoms with van der Waals surface area (Å²) in [5.74, 6) is -0.904. The van der Waals surface area contributed by atoms with Crippen LogP contribution in [0.2, 0.25) is 0 Å². The van der Waals surface area contributed by atoms with Crippen molar-refractivity contribution in [3.8, 4) is 5.75 Å². The Hall–Kier alpha value is -1.76. The van der Waals surface area contributed by atoms with Crippen molar-refractivity contribution in [3.63, 3.8) is 0 Å². The van der Waals surface area contributed by atoms with Gasteiger partial charge in [0.05, 0.1) is 5.69 Å². The van der Waals surface area contributed by atoms with Gasteiger partial charge in [0, 0.05) is 25.9 Å². The van der Waals surface area contributed by atoms with Gasteiger partial charge < -0.3 is 9.67 Å². The summed E-state index contributed by atoms with van der Waals surface area (Å²) in [6.07, 6.45) is -2.20. The molecule has 1 rings (SSSR count). The molecule has 1 heterocycles. The number of aryl methyl sites for hydroxylation is 1. The molecule has 1 unspecified atom stereocenters. The Morgan fingerprint density at radius 1 is 1.61 bits per heavy atom. The standard InChI is InChI=1S/C11H13F3N2O2/c1-3-5-15-10(11(12,13)14)8-9(18)7(17)4-6-16(8)2/h3-4,6,10,15,18H,1,5H2,2H3. The minimum absolute atomic E-state index is 0.104. The van der Waals surface area contributed by atoms with Crippen LogP contribution in [-0.2, 0) is 7.05 Å². The molecule has 0 radical (unpaired) electrons. The van der Waals surface area contributed by atoms with Gasteiger partial charge in [-0.3, -0.25) is 10.1 Å². The number of hydrogen-bond donors (Lipinski definition) is 2. The molecule has 0 aliphatic carbocycles. The molecule has 0 fully saturated rings. The molecule has 0 saturated carbocycles. The van der Waals surface area contributed by atoms with Gasteiger partial charge in [0.25, 0.3) is 0 Å². The molecule has 0 amide bonds. The molecule has 18 heavy (non-hydrogen) atoms. The highest BCUT2D eigenvalue weighted by molar-refractivity contribution is 5.30. The quantitative estimate of drug-likeness (QED) is 0.808. The molecule has 1 atom stereocenters. The Kier molecular flexibility index (Phi) is 4.18. The maximum absolute atomic E-state index is 12.9. The Bertz CT molecular complexity index is 494. The van der Waals surface area contributed by atoms with Crippen LogP contribution in [0.25, 0.3) is 0 Å². The summed E-state index contributed by atoms with van der Waals surface area (Å²) in [6.45, 7) is 3.21. The maximum Gasteiger partial charge on any atom is 0.409 e. The number of aromatic hydroxyl groups is 1. The summed E-state index contributed by atoms with van der Waals surface area (Å²) in [6, 6.07) is -1.13. The number of alkyl halides is 3. The van der Waals surface area contributed by atoms with Crippen molar-refractivity contribution in [2.45, 2.75) is 12.2 Å². The molecule has 0 bridgehead atoms. The molecule has 100 valence electrons. The SMILES string of the molecule is C=CCNC(c1c(O)c(=O)ccn1C)C(F)(F)F. The van der Waals surface area contributed by atoms with E-state index in [0.29, 0.717) is 0 Å². The van der Waals surface area contributed by atoms with Crippen molar-refractivity contribution in [2.75, 3.05) is 6.54 Å². The van der Waals surface area contributed by atoms with Crippen LogP contribution >= 0.6 is 0 Å². The van der Waals surface area contributed by atoms with Gasteiger partial charge in [-0.25, -0.2) is 0 Å². The average Bonchev–Trinajstić information content (AvgIpc) is 2.27. The van der Waals surface area contributed by atoms with E-state index in [9.17, 15) is 23.1 Å². The molecular weight excluding hydrogens is 249 g/mol. The minimum atomic E-state index is -4.63. The van der Waals surface area contributed by atoms with Crippen LogP contribution in [0.5, 0.6) is 5.75 Å². The lowest BCUT2D eigenvalue weighted by molar-refractivity contribution is -0.159. The first-order valence-electron chi connectivity index (χ1n) is 5.08. The molecule has 0 aliphatic rings. The van der Waals surface area contributed by atoms with Crippen LogP contribution in [0.1, 0.15) is 11.7 Å². The van der Waals surface area contributed by atoms with Gasteiger partial charge in [-0.15, -0.1) is 6.58 Å². The monoisotopic (exact) mass is 262 g/mol. The maximum atomic E-state index is 12.9. The molecule has 7 heteroatoms. The average molecular weight is 262 g/mol. The summed E-state index contributed by atoms with van der Waals surface area (Å²) in [5.41, 5.74) is -1.37. The van der Waals surface area contributed by atoms with Crippen LogP contribution in [0.4, 0.5) is 13.2 Å². The van der Waals surface area contributed by atoms with Crippen molar-refractivity contribution < 1.29 is 18.3 Å². The summed E-state index contributed by atoms with van der Waals surface area (Å²) in [4.78, 5) is 11.2. The van der Waals surface area contributed by atoms with Crippen molar-refractivity contribution in [3.05, 3.63) is 40.8 Å². The zero-order chi connectivity index (χ0) is 13.9. The van der Waals surface area contributed by atoms with E-state index in [1.165, 1.54) is 19.3 Å². The second-order valence-corrected chi connectivity index (χ2v) is 3.70. The van der Waals surface area contributed by atoms with Gasteiger partial charge in [0.1, 0.15) is 6.04 Å². The van der Waals surface area contributed by atoms with Crippen LogP contribution in [0.15, 0.2) is 29.7 Å². The molecule has 1 aromatic heterocycles. The number of aromatic nitrogens is 1. The number of hydrogen-bond acceptors (Lipinski definition) is 3. The van der Waals surface area contributed by atoms with Gasteiger partial charge in [-0.2, -0.15) is 13.2 Å². The van der Waals surface area contributed by atoms with E-state index >= 15 is 0 Å². The summed E-state index contributed by atoms with van der Waals surface area (Å²) in [7, 11) is 1.32. The van der Waals surface area contributed by atoms with Crippen LogP contribution < -0.4 is 10.7 Å². The molecular formula is C11H13F3N2O2. The van der Waals surface area contributed by atoms with E-state index in [1.54, 1.807) is 0 Å². The molecule has 1 aromatic rings. The third-order valence-corrected chi connectivity index (χ3v) is 2.37. The molecule has 2 N–H and O–H groups in total. The van der Waals surface area contributed by atoms with Crippen LogP contribution in [-0.4, -0.2) is 22.4 Å². The largest absolute Gasteiger partial charge is 0.503 e. The number of halogens is 3. The summed E-state index contributed by atoms with van der Waals surface area (Å²) >= 11 is 0. The van der Waals surface area contributed by atoms with Gasteiger partial charge in [0.2, 0.25) is 5.43 Å². The van der Waals surface area contributed by atoms with Gasteiger partial charge >= 0.3 is 6.18 Å². The third-order valence-electron chi connectivity index (χ3n) is 2.37. The smallest absolute Gasteiger partial charge is 0.409 e. The molecule has 4 nitrogen and oxygen atoms in total. The molecule has 0 aromatic carbocycles. The predicted molar refractivity (Wildman–Crippen MR) is 60.3 cm³/mol. The number of nitrogens with zero attached hydrogens (tertiary/aromatic N) is 1. The Morgan fingerprint density at radius 3 is 2.72 bits per heavy atom. The highest BCUT2D eigenvalue weighted by Crippen LogP contribution is 2.35. The van der Waals surface area contributed by atoms with E-state index < -0.39 is 29.1 Å². The van der Waals surface area contributed by atoms with Gasteiger partial charge in [0.15, 0.2) is 5.75 Å². The first kappa shape index (κ1) is 14.3.